The van der Waals surface area contributed by atoms with Crippen LogP contribution in [0.4, 0.5) is 5.69 Å². The van der Waals surface area contributed by atoms with E-state index in [1.165, 1.54) is 6.20 Å². The Hall–Kier alpha value is -0.325. The number of rotatable bonds is 0. The summed E-state index contributed by atoms with van der Waals surface area (Å²) in [5.74, 6) is 0. The van der Waals surface area contributed by atoms with E-state index in [4.69, 9.17) is 13.6 Å². The summed E-state index contributed by atoms with van der Waals surface area (Å²) in [5.41, 5.74) is 6.22. The van der Waals surface area contributed by atoms with Crippen LogP contribution in [0, 0.1) is 3.70 Å². The summed E-state index contributed by atoms with van der Waals surface area (Å²) in [7, 11) is 5.24. The van der Waals surface area contributed by atoms with Gasteiger partial charge in [-0.05, 0) is 22.6 Å². The number of nitrogen functional groups attached to an aromatic ring is 1. The lowest BCUT2D eigenvalue weighted by Crippen LogP contribution is -2.15. The molecule has 0 bridgehead atoms. The Morgan fingerprint density at radius 3 is 2.78 bits per heavy atom. The van der Waals surface area contributed by atoms with Gasteiger partial charge >= 0.3 is 0 Å². The van der Waals surface area contributed by atoms with Gasteiger partial charge in [0.2, 0.25) is 0 Å². The first-order valence-corrected chi connectivity index (χ1v) is 3.31. The fourth-order valence-corrected chi connectivity index (χ4v) is 0.769. The Kier molecular flexibility index (Phi) is 1.89. The molecular formula is C4H3BIN3. The summed E-state index contributed by atoms with van der Waals surface area (Å²) in [5, 5.41) is 0. The van der Waals surface area contributed by atoms with E-state index in [-0.39, 0.29) is 5.72 Å². The largest absolute Gasteiger partial charge is 0.395 e. The van der Waals surface area contributed by atoms with Gasteiger partial charge in [0.05, 0.1) is 17.6 Å². The minimum atomic E-state index is 0.258. The van der Waals surface area contributed by atoms with Crippen LogP contribution in [0.3, 0.4) is 0 Å². The van der Waals surface area contributed by atoms with E-state index in [1.807, 2.05) is 22.6 Å². The fourth-order valence-electron chi connectivity index (χ4n) is 0.383. The van der Waals surface area contributed by atoms with Crippen LogP contribution in [0.2, 0.25) is 0 Å². The zero-order valence-corrected chi connectivity index (χ0v) is 6.66. The topological polar surface area (TPSA) is 51.8 Å². The minimum absolute atomic E-state index is 0.258. The molecule has 1 aromatic rings. The number of nitrogens with zero attached hydrogens (tertiary/aromatic N) is 2. The van der Waals surface area contributed by atoms with Crippen LogP contribution in [0.1, 0.15) is 0 Å². The highest BCUT2D eigenvalue weighted by atomic mass is 127. The number of hydrogen-bond donors (Lipinski definition) is 1. The number of hydrogen-bond acceptors (Lipinski definition) is 3. The fraction of sp³-hybridized carbons (Fsp3) is 0. The second-order valence-corrected chi connectivity index (χ2v) is 2.50. The molecule has 0 aliphatic heterocycles. The van der Waals surface area contributed by atoms with Crippen molar-refractivity contribution in [1.82, 2.24) is 9.97 Å². The zero-order valence-electron chi connectivity index (χ0n) is 4.50. The van der Waals surface area contributed by atoms with Crippen LogP contribution in [0.15, 0.2) is 6.20 Å². The van der Waals surface area contributed by atoms with E-state index in [0.717, 1.165) is 0 Å². The predicted molar refractivity (Wildman–Crippen MR) is 44.5 cm³/mol. The smallest absolute Gasteiger partial charge is 0.170 e. The van der Waals surface area contributed by atoms with Crippen LogP contribution >= 0.6 is 22.6 Å². The van der Waals surface area contributed by atoms with E-state index in [0.29, 0.717) is 9.39 Å². The van der Waals surface area contributed by atoms with Gasteiger partial charge in [0.15, 0.2) is 7.85 Å². The van der Waals surface area contributed by atoms with Crippen LogP contribution in [-0.4, -0.2) is 17.8 Å². The Morgan fingerprint density at radius 1 is 1.67 bits per heavy atom. The molecule has 1 aromatic heterocycles. The minimum Gasteiger partial charge on any atom is -0.395 e. The molecule has 0 saturated carbocycles. The summed E-state index contributed by atoms with van der Waals surface area (Å²) in [6.07, 6.45) is 1.49. The molecule has 1 heterocycles. The molecular weight excluding hydrogens is 228 g/mol. The standard InChI is InChI=1S/C4H3BIN3/c5-4-8-1-2(7)3(6)9-4/h1H,7H2. The van der Waals surface area contributed by atoms with Gasteiger partial charge in [-0.3, -0.25) is 4.98 Å². The molecule has 2 radical (unpaired) electrons. The van der Waals surface area contributed by atoms with Gasteiger partial charge in [-0.25, -0.2) is 4.98 Å². The predicted octanol–water partition coefficient (Wildman–Crippen LogP) is -0.543. The van der Waals surface area contributed by atoms with Crippen LogP contribution in [0.25, 0.3) is 0 Å². The van der Waals surface area contributed by atoms with Crippen molar-refractivity contribution in [3.63, 3.8) is 0 Å². The zero-order chi connectivity index (χ0) is 6.85. The van der Waals surface area contributed by atoms with Gasteiger partial charge in [0.25, 0.3) is 0 Å². The quantitative estimate of drug-likeness (QED) is 0.370. The lowest BCUT2D eigenvalue weighted by Gasteiger charge is -1.95. The monoisotopic (exact) mass is 231 g/mol. The average Bonchev–Trinajstić information content (AvgIpc) is 1.80. The molecule has 0 aliphatic carbocycles. The van der Waals surface area contributed by atoms with Crippen molar-refractivity contribution >= 4 is 41.8 Å². The van der Waals surface area contributed by atoms with Crippen molar-refractivity contribution in [2.45, 2.75) is 0 Å². The molecule has 5 heteroatoms. The van der Waals surface area contributed by atoms with E-state index >= 15 is 0 Å². The molecule has 1 rings (SSSR count). The highest BCUT2D eigenvalue weighted by Crippen LogP contribution is 2.05. The van der Waals surface area contributed by atoms with Crippen molar-refractivity contribution in [2.75, 3.05) is 5.73 Å². The van der Waals surface area contributed by atoms with Crippen LogP contribution in [0.5, 0.6) is 0 Å². The maximum absolute atomic E-state index is 5.40. The summed E-state index contributed by atoms with van der Waals surface area (Å²) in [6, 6.07) is 0. The molecule has 0 unspecified atom stereocenters. The highest BCUT2D eigenvalue weighted by Gasteiger charge is 1.94. The van der Waals surface area contributed by atoms with Gasteiger partial charge in [-0.15, -0.1) is 0 Å². The molecule has 0 aromatic carbocycles. The van der Waals surface area contributed by atoms with Gasteiger partial charge < -0.3 is 5.73 Å². The molecule has 0 spiro atoms. The number of nitrogens with two attached hydrogens (primary N) is 1. The molecule has 9 heavy (non-hydrogen) atoms. The Bertz CT molecular complexity index is 227. The number of halogens is 1. The summed E-state index contributed by atoms with van der Waals surface area (Å²) < 4.78 is 0.695. The molecule has 0 atom stereocenters. The number of anilines is 1. The second kappa shape index (κ2) is 2.51. The van der Waals surface area contributed by atoms with E-state index in [2.05, 4.69) is 9.97 Å². The Morgan fingerprint density at radius 2 is 2.33 bits per heavy atom. The third kappa shape index (κ3) is 1.54. The third-order valence-corrected chi connectivity index (χ3v) is 1.65. The Balaban J connectivity index is 3.17. The van der Waals surface area contributed by atoms with Crippen molar-refractivity contribution in [3.05, 3.63) is 9.90 Å². The number of aromatic nitrogens is 2. The van der Waals surface area contributed by atoms with Gasteiger partial charge in [0, 0.05) is 0 Å². The SMILES string of the molecule is [B]c1ncc(N)c(I)n1. The van der Waals surface area contributed by atoms with Gasteiger partial charge in [0.1, 0.15) is 3.70 Å². The molecule has 44 valence electrons. The second-order valence-electron chi connectivity index (χ2n) is 1.47. The average molecular weight is 231 g/mol. The van der Waals surface area contributed by atoms with Crippen LogP contribution in [-0.2, 0) is 0 Å². The summed E-state index contributed by atoms with van der Waals surface area (Å²) >= 11 is 1.99. The van der Waals surface area contributed by atoms with E-state index in [1.54, 1.807) is 0 Å². The summed E-state index contributed by atoms with van der Waals surface area (Å²) in [6.45, 7) is 0. The maximum atomic E-state index is 5.40. The molecule has 0 fully saturated rings. The van der Waals surface area contributed by atoms with Crippen molar-refractivity contribution in [1.29, 1.82) is 0 Å². The van der Waals surface area contributed by atoms with Gasteiger partial charge in [-0.1, -0.05) is 0 Å². The normalized spacial score (nSPS) is 9.44. The molecule has 0 saturated heterocycles. The first kappa shape index (κ1) is 6.79. The van der Waals surface area contributed by atoms with Crippen molar-refractivity contribution in [3.8, 4) is 0 Å². The first-order valence-electron chi connectivity index (χ1n) is 2.23. The van der Waals surface area contributed by atoms with E-state index < -0.39 is 0 Å². The maximum Gasteiger partial charge on any atom is 0.170 e. The lowest BCUT2D eigenvalue weighted by atomic mass is 10.1. The lowest BCUT2D eigenvalue weighted by molar-refractivity contribution is 1.21. The van der Waals surface area contributed by atoms with Crippen molar-refractivity contribution < 1.29 is 0 Å². The van der Waals surface area contributed by atoms with Crippen molar-refractivity contribution in [2.24, 2.45) is 0 Å². The molecule has 0 aliphatic rings. The summed E-state index contributed by atoms with van der Waals surface area (Å²) in [4.78, 5) is 7.48. The van der Waals surface area contributed by atoms with E-state index in [9.17, 15) is 0 Å². The van der Waals surface area contributed by atoms with Gasteiger partial charge in [-0.2, -0.15) is 0 Å². The Labute approximate surface area is 67.6 Å². The highest BCUT2D eigenvalue weighted by molar-refractivity contribution is 14.1. The third-order valence-electron chi connectivity index (χ3n) is 0.787. The molecule has 0 amide bonds. The molecule has 3 nitrogen and oxygen atoms in total. The van der Waals surface area contributed by atoms with Crippen LogP contribution < -0.4 is 11.5 Å². The first-order chi connectivity index (χ1) is 4.20. The molecule has 2 N–H and O–H groups in total.